The average Bonchev–Trinajstić information content (AvgIpc) is 3.17. The Balaban J connectivity index is 1.22. The first-order valence-corrected chi connectivity index (χ1v) is 11.4. The number of hydrogen-bond acceptors (Lipinski definition) is 5. The number of amides is 1. The highest BCUT2D eigenvalue weighted by Gasteiger charge is 2.31. The lowest BCUT2D eigenvalue weighted by molar-refractivity contribution is -0.122. The number of nitrogens with two attached hydrogens (primary N) is 1. The number of carbonyl (C=O) groups excluding carboxylic acids is 1. The van der Waals surface area contributed by atoms with Crippen LogP contribution in [0.25, 0.3) is 11.0 Å². The van der Waals surface area contributed by atoms with Crippen LogP contribution in [-0.4, -0.2) is 35.6 Å². The first-order valence-electron chi connectivity index (χ1n) is 11.0. The van der Waals surface area contributed by atoms with E-state index in [1.54, 1.807) is 0 Å². The molecule has 160 valence electrons. The van der Waals surface area contributed by atoms with Crippen molar-refractivity contribution >= 4 is 28.5 Å². The zero-order chi connectivity index (χ0) is 21.1. The number of carbonyl (C=O) groups is 1. The summed E-state index contributed by atoms with van der Waals surface area (Å²) in [7, 11) is 0. The maximum absolute atomic E-state index is 11.4. The maximum atomic E-state index is 11.4. The number of piperidine rings is 1. The number of rotatable bonds is 6. The number of nitriles is 1. The van der Waals surface area contributed by atoms with Crippen molar-refractivity contribution in [1.82, 2.24) is 10.1 Å². The van der Waals surface area contributed by atoms with Crippen molar-refractivity contribution in [2.75, 3.05) is 19.6 Å². The van der Waals surface area contributed by atoms with E-state index in [9.17, 15) is 10.1 Å². The van der Waals surface area contributed by atoms with Gasteiger partial charge in [-0.1, -0.05) is 29.6 Å². The number of aromatic nitrogens is 1. The first-order chi connectivity index (χ1) is 14.5. The van der Waals surface area contributed by atoms with Crippen LogP contribution in [0, 0.1) is 29.1 Å². The van der Waals surface area contributed by atoms with Gasteiger partial charge >= 0.3 is 0 Å². The molecule has 1 saturated heterocycles. The Bertz CT molecular complexity index is 921. The fourth-order valence-corrected chi connectivity index (χ4v) is 5.39. The molecule has 7 heteroatoms. The fraction of sp³-hybridized carbons (Fsp3) is 0.609. The SMILES string of the molecule is N#CC(C(N)=O)C1CCC(CCN2CCC(c3noc4cc(Cl)ccc34)CC2)CC1. The number of likely N-dealkylation sites (tertiary alicyclic amines) is 1. The Hall–Kier alpha value is -2.10. The molecule has 1 unspecified atom stereocenters. The van der Waals surface area contributed by atoms with Crippen LogP contribution in [0.4, 0.5) is 0 Å². The molecule has 2 aliphatic rings. The summed E-state index contributed by atoms with van der Waals surface area (Å²) in [5.74, 6) is 0.193. The van der Waals surface area contributed by atoms with E-state index >= 15 is 0 Å². The molecule has 1 aliphatic heterocycles. The van der Waals surface area contributed by atoms with Crippen molar-refractivity contribution < 1.29 is 9.32 Å². The second-order valence-corrected chi connectivity index (χ2v) is 9.34. The van der Waals surface area contributed by atoms with Gasteiger partial charge in [0.15, 0.2) is 5.58 Å². The van der Waals surface area contributed by atoms with Gasteiger partial charge < -0.3 is 15.2 Å². The Morgan fingerprint density at radius 1 is 1.27 bits per heavy atom. The number of benzene rings is 1. The van der Waals surface area contributed by atoms with Gasteiger partial charge in [0.25, 0.3) is 0 Å². The van der Waals surface area contributed by atoms with Gasteiger partial charge in [0.1, 0.15) is 5.92 Å². The molecule has 6 nitrogen and oxygen atoms in total. The second kappa shape index (κ2) is 9.36. The molecule has 2 N–H and O–H groups in total. The van der Waals surface area contributed by atoms with E-state index in [-0.39, 0.29) is 5.92 Å². The van der Waals surface area contributed by atoms with Gasteiger partial charge in [0, 0.05) is 22.4 Å². The van der Waals surface area contributed by atoms with Crippen molar-refractivity contribution in [3.63, 3.8) is 0 Å². The molecule has 2 aromatic rings. The minimum atomic E-state index is -0.617. The van der Waals surface area contributed by atoms with Crippen LogP contribution >= 0.6 is 11.6 Å². The van der Waals surface area contributed by atoms with Crippen LogP contribution in [0.1, 0.15) is 56.6 Å². The normalized spacial score (nSPS) is 24.5. The van der Waals surface area contributed by atoms with E-state index in [2.05, 4.69) is 16.1 Å². The second-order valence-electron chi connectivity index (χ2n) is 8.90. The Kier molecular flexibility index (Phi) is 6.60. The molecule has 1 amide bonds. The van der Waals surface area contributed by atoms with Crippen LogP contribution in [0.2, 0.25) is 5.02 Å². The van der Waals surface area contributed by atoms with Gasteiger partial charge in [0.2, 0.25) is 5.91 Å². The molecule has 1 atom stereocenters. The highest BCUT2D eigenvalue weighted by Crippen LogP contribution is 2.36. The predicted octanol–water partition coefficient (Wildman–Crippen LogP) is 4.48. The lowest BCUT2D eigenvalue weighted by Crippen LogP contribution is -2.35. The zero-order valence-electron chi connectivity index (χ0n) is 17.2. The van der Waals surface area contributed by atoms with Crippen molar-refractivity contribution in [2.24, 2.45) is 23.5 Å². The number of primary amides is 1. The Morgan fingerprint density at radius 3 is 2.67 bits per heavy atom. The molecule has 0 spiro atoms. The molecule has 2 heterocycles. The lowest BCUT2D eigenvalue weighted by Gasteiger charge is -2.34. The molecular formula is C23H29ClN4O2. The van der Waals surface area contributed by atoms with E-state index < -0.39 is 11.8 Å². The molecule has 1 aliphatic carbocycles. The molecule has 0 bridgehead atoms. The highest BCUT2D eigenvalue weighted by molar-refractivity contribution is 6.31. The summed E-state index contributed by atoms with van der Waals surface area (Å²) in [4.78, 5) is 14.0. The fourth-order valence-electron chi connectivity index (χ4n) is 5.23. The van der Waals surface area contributed by atoms with Gasteiger partial charge in [-0.3, -0.25) is 4.79 Å². The third-order valence-electron chi connectivity index (χ3n) is 7.10. The summed E-state index contributed by atoms with van der Waals surface area (Å²) in [6, 6.07) is 7.85. The monoisotopic (exact) mass is 428 g/mol. The van der Waals surface area contributed by atoms with Crippen LogP contribution in [0.15, 0.2) is 22.7 Å². The van der Waals surface area contributed by atoms with Gasteiger partial charge in [-0.2, -0.15) is 5.26 Å². The summed E-state index contributed by atoms with van der Waals surface area (Å²) in [5.41, 5.74) is 7.21. The Labute approximate surface area is 182 Å². The minimum Gasteiger partial charge on any atom is -0.369 e. The van der Waals surface area contributed by atoms with Gasteiger partial charge in [0.05, 0.1) is 11.8 Å². The molecule has 1 aromatic carbocycles. The first kappa shape index (κ1) is 21.1. The number of halogens is 1. The minimum absolute atomic E-state index is 0.145. The average molecular weight is 429 g/mol. The molecule has 0 radical (unpaired) electrons. The van der Waals surface area contributed by atoms with Crippen LogP contribution in [0.3, 0.4) is 0 Å². The van der Waals surface area contributed by atoms with Crippen LogP contribution in [-0.2, 0) is 4.79 Å². The number of hydrogen-bond donors (Lipinski definition) is 1. The van der Waals surface area contributed by atoms with Gasteiger partial charge in [-0.05, 0) is 75.7 Å². The van der Waals surface area contributed by atoms with Crippen molar-refractivity contribution in [3.8, 4) is 6.07 Å². The van der Waals surface area contributed by atoms with Crippen molar-refractivity contribution in [2.45, 2.75) is 50.9 Å². The molecular weight excluding hydrogens is 400 g/mol. The van der Waals surface area contributed by atoms with E-state index in [0.29, 0.717) is 16.9 Å². The topological polar surface area (TPSA) is 96.1 Å². The van der Waals surface area contributed by atoms with Crippen LogP contribution in [0.5, 0.6) is 0 Å². The maximum Gasteiger partial charge on any atom is 0.235 e. The lowest BCUT2D eigenvalue weighted by atomic mass is 9.75. The standard InChI is InChI=1S/C23H29ClN4O2/c24-18-5-6-19-21(13-18)30-27-22(19)17-8-11-28(12-9-17)10-7-15-1-3-16(4-2-15)20(14-25)23(26)29/h5-6,13,15-17,20H,1-4,7-12H2,(H2,26,29). The summed E-state index contributed by atoms with van der Waals surface area (Å²) in [6.45, 7) is 3.29. The van der Waals surface area contributed by atoms with Crippen molar-refractivity contribution in [3.05, 3.63) is 28.9 Å². The smallest absolute Gasteiger partial charge is 0.235 e. The number of fused-ring (bicyclic) bond motifs is 1. The van der Waals surface area contributed by atoms with E-state index in [1.165, 1.54) is 6.42 Å². The van der Waals surface area contributed by atoms with E-state index in [1.807, 2.05) is 18.2 Å². The zero-order valence-corrected chi connectivity index (χ0v) is 18.0. The van der Waals surface area contributed by atoms with E-state index in [0.717, 1.165) is 74.8 Å². The quantitative estimate of drug-likeness (QED) is 0.731. The van der Waals surface area contributed by atoms with E-state index in [4.69, 9.17) is 21.9 Å². The third-order valence-corrected chi connectivity index (χ3v) is 7.33. The van der Waals surface area contributed by atoms with Crippen molar-refractivity contribution in [1.29, 1.82) is 5.26 Å². The number of nitrogens with zero attached hydrogens (tertiary/aromatic N) is 3. The summed E-state index contributed by atoms with van der Waals surface area (Å²) in [5, 5.41) is 15.3. The summed E-state index contributed by atoms with van der Waals surface area (Å²) in [6.07, 6.45) is 7.46. The molecule has 1 saturated carbocycles. The summed E-state index contributed by atoms with van der Waals surface area (Å²) < 4.78 is 5.49. The molecule has 2 fully saturated rings. The van der Waals surface area contributed by atoms with Gasteiger partial charge in [-0.25, -0.2) is 0 Å². The molecule has 1 aromatic heterocycles. The summed E-state index contributed by atoms with van der Waals surface area (Å²) >= 11 is 6.05. The Morgan fingerprint density at radius 2 is 2.00 bits per heavy atom. The molecule has 30 heavy (non-hydrogen) atoms. The highest BCUT2D eigenvalue weighted by atomic mass is 35.5. The van der Waals surface area contributed by atoms with Crippen LogP contribution < -0.4 is 5.73 Å². The van der Waals surface area contributed by atoms with Gasteiger partial charge in [-0.15, -0.1) is 0 Å². The predicted molar refractivity (Wildman–Crippen MR) is 116 cm³/mol. The molecule has 4 rings (SSSR count). The largest absolute Gasteiger partial charge is 0.369 e. The third kappa shape index (κ3) is 4.63.